The molecule has 0 saturated carbocycles. The average Bonchev–Trinajstić information content (AvgIpc) is 2.26. The zero-order valence-corrected chi connectivity index (χ0v) is 12.2. The van der Waals surface area contributed by atoms with Crippen LogP contribution in [-0.4, -0.2) is 9.97 Å². The predicted octanol–water partition coefficient (Wildman–Crippen LogP) is 4.11. The van der Waals surface area contributed by atoms with E-state index in [4.69, 9.17) is 12.2 Å². The monoisotopic (exact) mass is 308 g/mol. The van der Waals surface area contributed by atoms with E-state index in [1.165, 1.54) is 5.56 Å². The van der Waals surface area contributed by atoms with Crippen molar-refractivity contribution < 1.29 is 0 Å². The smallest absolute Gasteiger partial charge is 0.132 e. The minimum atomic E-state index is 0.686. The number of benzene rings is 1. The van der Waals surface area contributed by atoms with Gasteiger partial charge in [0.15, 0.2) is 0 Å². The van der Waals surface area contributed by atoms with Gasteiger partial charge in [-0.2, -0.15) is 0 Å². The fourth-order valence-corrected chi connectivity index (χ4v) is 2.34. The predicted molar refractivity (Wildman–Crippen MR) is 75.8 cm³/mol. The second-order valence-electron chi connectivity index (χ2n) is 4.05. The van der Waals surface area contributed by atoms with E-state index in [2.05, 4.69) is 38.0 Å². The Bertz CT molecular complexity index is 605. The van der Waals surface area contributed by atoms with Crippen LogP contribution < -0.4 is 0 Å². The molecule has 2 rings (SSSR count). The fourth-order valence-electron chi connectivity index (χ4n) is 1.63. The van der Waals surface area contributed by atoms with Gasteiger partial charge in [-0.3, -0.25) is 0 Å². The number of aromatic nitrogens is 2. The highest BCUT2D eigenvalue weighted by Crippen LogP contribution is 2.14. The average molecular weight is 309 g/mol. The van der Waals surface area contributed by atoms with Gasteiger partial charge >= 0.3 is 0 Å². The third kappa shape index (κ3) is 3.01. The molecule has 1 aromatic carbocycles. The Kier molecular flexibility index (Phi) is 3.74. The van der Waals surface area contributed by atoms with Crippen molar-refractivity contribution in [3.8, 4) is 0 Å². The molecule has 0 unspecified atom stereocenters. The van der Waals surface area contributed by atoms with Crippen molar-refractivity contribution in [3.63, 3.8) is 0 Å². The van der Waals surface area contributed by atoms with Gasteiger partial charge in [-0.05, 0) is 31.5 Å². The molecule has 0 spiro atoms. The lowest BCUT2D eigenvalue weighted by Gasteiger charge is -2.06. The van der Waals surface area contributed by atoms with Crippen LogP contribution in [0.5, 0.6) is 0 Å². The molecule has 0 amide bonds. The number of nitrogens with one attached hydrogen (secondary N) is 1. The molecule has 0 atom stereocenters. The molecule has 0 aliphatic carbocycles. The highest BCUT2D eigenvalue weighted by Gasteiger charge is 2.03. The summed E-state index contributed by atoms with van der Waals surface area (Å²) < 4.78 is 1.77. The maximum atomic E-state index is 5.23. The lowest BCUT2D eigenvalue weighted by Crippen LogP contribution is -2.01. The third-order valence-corrected chi connectivity index (χ3v) is 3.60. The number of aromatic amines is 1. The topological polar surface area (TPSA) is 28.7 Å². The Morgan fingerprint density at radius 2 is 2.12 bits per heavy atom. The highest BCUT2D eigenvalue weighted by molar-refractivity contribution is 9.10. The fraction of sp³-hybridized carbons (Fsp3) is 0.231. The molecule has 4 heteroatoms. The van der Waals surface area contributed by atoms with Crippen LogP contribution in [0.1, 0.15) is 22.6 Å². The van der Waals surface area contributed by atoms with Crippen LogP contribution in [0.25, 0.3) is 0 Å². The molecule has 1 aromatic heterocycles. The largest absolute Gasteiger partial charge is 0.347 e. The van der Waals surface area contributed by atoms with Crippen molar-refractivity contribution in [2.45, 2.75) is 20.3 Å². The second-order valence-corrected chi connectivity index (χ2v) is 5.35. The van der Waals surface area contributed by atoms with Crippen LogP contribution in [0.4, 0.5) is 0 Å². The number of halogens is 1. The van der Waals surface area contributed by atoms with Gasteiger partial charge in [-0.1, -0.05) is 40.3 Å². The molecule has 17 heavy (non-hydrogen) atoms. The number of nitrogens with zero attached hydrogens (tertiary/aromatic N) is 1. The van der Waals surface area contributed by atoms with Gasteiger partial charge < -0.3 is 4.98 Å². The van der Waals surface area contributed by atoms with E-state index in [0.29, 0.717) is 4.64 Å². The molecular formula is C13H13BrN2S. The summed E-state index contributed by atoms with van der Waals surface area (Å²) in [6.07, 6.45) is 0.768. The lowest BCUT2D eigenvalue weighted by molar-refractivity contribution is 0.918. The van der Waals surface area contributed by atoms with Crippen molar-refractivity contribution in [2.24, 2.45) is 0 Å². The third-order valence-electron chi connectivity index (χ3n) is 2.71. The van der Waals surface area contributed by atoms with E-state index >= 15 is 0 Å². The van der Waals surface area contributed by atoms with Crippen molar-refractivity contribution in [1.82, 2.24) is 9.97 Å². The summed E-state index contributed by atoms with van der Waals surface area (Å²) in [7, 11) is 0. The van der Waals surface area contributed by atoms with Gasteiger partial charge in [0.1, 0.15) is 10.5 Å². The first-order valence-corrected chi connectivity index (χ1v) is 6.57. The number of aryl methyl sites for hydroxylation is 1. The molecule has 0 fully saturated rings. The molecule has 0 aliphatic rings. The minimum absolute atomic E-state index is 0.686. The van der Waals surface area contributed by atoms with Crippen molar-refractivity contribution in [2.75, 3.05) is 0 Å². The SMILES string of the molecule is Cc1[nH]c(Cc2cccc(Br)c2)nc(=S)c1C. The summed E-state index contributed by atoms with van der Waals surface area (Å²) in [5.41, 5.74) is 3.36. The molecule has 0 radical (unpaired) electrons. The van der Waals surface area contributed by atoms with Crippen LogP contribution in [0, 0.1) is 18.5 Å². The first kappa shape index (κ1) is 12.5. The standard InChI is InChI=1S/C13H13BrN2S/c1-8-9(2)15-12(16-13(8)17)7-10-4-3-5-11(14)6-10/h3-6H,7H2,1-2H3,(H,15,16,17). The normalized spacial score (nSPS) is 10.5. The molecule has 1 heterocycles. The molecule has 2 aromatic rings. The van der Waals surface area contributed by atoms with E-state index in [0.717, 1.165) is 28.0 Å². The maximum absolute atomic E-state index is 5.23. The number of H-pyrrole nitrogens is 1. The Morgan fingerprint density at radius 1 is 1.35 bits per heavy atom. The lowest BCUT2D eigenvalue weighted by atomic mass is 10.1. The van der Waals surface area contributed by atoms with Gasteiger partial charge in [0, 0.05) is 22.2 Å². The quantitative estimate of drug-likeness (QED) is 0.846. The van der Waals surface area contributed by atoms with E-state index < -0.39 is 0 Å². The first-order valence-electron chi connectivity index (χ1n) is 5.37. The van der Waals surface area contributed by atoms with Gasteiger partial charge in [0.25, 0.3) is 0 Å². The van der Waals surface area contributed by atoms with Crippen LogP contribution in [0.3, 0.4) is 0 Å². The van der Waals surface area contributed by atoms with Crippen molar-refractivity contribution in [1.29, 1.82) is 0 Å². The van der Waals surface area contributed by atoms with Gasteiger partial charge in [0.2, 0.25) is 0 Å². The van der Waals surface area contributed by atoms with Crippen LogP contribution in [0.15, 0.2) is 28.7 Å². The highest BCUT2D eigenvalue weighted by atomic mass is 79.9. The maximum Gasteiger partial charge on any atom is 0.132 e. The Hall–Kier alpha value is -1.00. The summed E-state index contributed by atoms with van der Waals surface area (Å²) >= 11 is 8.69. The van der Waals surface area contributed by atoms with Gasteiger partial charge in [-0.25, -0.2) is 4.98 Å². The van der Waals surface area contributed by atoms with Crippen LogP contribution in [0.2, 0.25) is 0 Å². The molecule has 2 nitrogen and oxygen atoms in total. The number of hydrogen-bond donors (Lipinski definition) is 1. The van der Waals surface area contributed by atoms with Gasteiger partial charge in [0.05, 0.1) is 0 Å². The molecule has 0 aliphatic heterocycles. The van der Waals surface area contributed by atoms with E-state index in [-0.39, 0.29) is 0 Å². The zero-order valence-electron chi connectivity index (χ0n) is 9.75. The van der Waals surface area contributed by atoms with Crippen molar-refractivity contribution in [3.05, 3.63) is 56.0 Å². The van der Waals surface area contributed by atoms with E-state index in [1.54, 1.807) is 0 Å². The number of hydrogen-bond acceptors (Lipinski definition) is 2. The summed E-state index contributed by atoms with van der Waals surface area (Å²) in [5, 5.41) is 0. The Balaban J connectivity index is 2.34. The minimum Gasteiger partial charge on any atom is -0.347 e. The van der Waals surface area contributed by atoms with Crippen LogP contribution in [-0.2, 0) is 6.42 Å². The summed E-state index contributed by atoms with van der Waals surface area (Å²) in [5.74, 6) is 0.913. The summed E-state index contributed by atoms with van der Waals surface area (Å²) in [4.78, 5) is 7.69. The zero-order chi connectivity index (χ0) is 12.4. The summed E-state index contributed by atoms with van der Waals surface area (Å²) in [6, 6.07) is 8.21. The molecule has 0 bridgehead atoms. The van der Waals surface area contributed by atoms with E-state index in [9.17, 15) is 0 Å². The van der Waals surface area contributed by atoms with Crippen LogP contribution >= 0.6 is 28.1 Å². The molecule has 88 valence electrons. The second kappa shape index (κ2) is 5.10. The summed E-state index contributed by atoms with van der Waals surface area (Å²) in [6.45, 7) is 4.02. The molecular weight excluding hydrogens is 296 g/mol. The Morgan fingerprint density at radius 3 is 2.76 bits per heavy atom. The first-order chi connectivity index (χ1) is 8.06. The Labute approximate surface area is 114 Å². The molecule has 1 N–H and O–H groups in total. The van der Waals surface area contributed by atoms with Gasteiger partial charge in [-0.15, -0.1) is 0 Å². The molecule has 0 saturated heterocycles. The number of rotatable bonds is 2. The van der Waals surface area contributed by atoms with E-state index in [1.807, 2.05) is 26.0 Å². The van der Waals surface area contributed by atoms with Crippen molar-refractivity contribution >= 4 is 28.1 Å².